The molecule has 0 spiro atoms. The molecular weight excluding hydrogens is 479 g/mol. The van der Waals surface area contributed by atoms with Crippen LogP contribution in [0.5, 0.6) is 17.4 Å². The van der Waals surface area contributed by atoms with Crippen molar-refractivity contribution in [3.05, 3.63) is 69.9 Å². The summed E-state index contributed by atoms with van der Waals surface area (Å²) in [6.07, 6.45) is -3.91. The van der Waals surface area contributed by atoms with Crippen LogP contribution >= 0.6 is 0 Å². The number of hydrogen-bond donors (Lipinski definition) is 1. The summed E-state index contributed by atoms with van der Waals surface area (Å²) in [4.78, 5) is 21.2. The molecule has 0 amide bonds. The van der Waals surface area contributed by atoms with E-state index >= 15 is 0 Å². The number of benzene rings is 1. The number of fused-ring (bicyclic) bond motifs is 3. The van der Waals surface area contributed by atoms with Gasteiger partial charge in [0.1, 0.15) is 23.9 Å². The third kappa shape index (κ3) is 4.50. The monoisotopic (exact) mass is 496 g/mol. The smallest absolute Gasteiger partial charge is 0.433 e. The summed E-state index contributed by atoms with van der Waals surface area (Å²) in [6.45, 7) is 0.426. The minimum absolute atomic E-state index is 0.0157. The number of aliphatic hydroxyl groups is 1. The Hall–Kier alpha value is -3.74. The Morgan fingerprint density at radius 2 is 1.86 bits per heavy atom. The van der Waals surface area contributed by atoms with E-state index in [1.54, 1.807) is 0 Å². The van der Waals surface area contributed by atoms with Crippen molar-refractivity contribution in [1.29, 1.82) is 0 Å². The second-order valence-corrected chi connectivity index (χ2v) is 8.20. The van der Waals surface area contributed by atoms with E-state index in [1.807, 2.05) is 4.90 Å². The summed E-state index contributed by atoms with van der Waals surface area (Å²) in [7, 11) is 0. The average molecular weight is 496 g/mol. The van der Waals surface area contributed by atoms with E-state index < -0.39 is 46.8 Å². The van der Waals surface area contributed by atoms with E-state index in [9.17, 15) is 31.9 Å². The zero-order valence-corrected chi connectivity index (χ0v) is 17.8. The first-order valence-corrected chi connectivity index (χ1v) is 10.5. The fourth-order valence-corrected chi connectivity index (χ4v) is 4.21. The maximum atomic E-state index is 14.5. The molecule has 2 aliphatic rings. The van der Waals surface area contributed by atoms with Crippen molar-refractivity contribution < 1.29 is 36.5 Å². The first kappa shape index (κ1) is 23.0. The molecule has 8 nitrogen and oxygen atoms in total. The van der Waals surface area contributed by atoms with Gasteiger partial charge in [-0.25, -0.2) is 13.6 Å². The Balaban J connectivity index is 1.32. The fraction of sp³-hybridized carbons (Fsp3) is 0.318. The molecule has 0 bridgehead atoms. The van der Waals surface area contributed by atoms with Gasteiger partial charge in [0.15, 0.2) is 17.4 Å². The van der Waals surface area contributed by atoms with Crippen LogP contribution in [0.2, 0.25) is 0 Å². The van der Waals surface area contributed by atoms with Crippen molar-refractivity contribution in [1.82, 2.24) is 14.5 Å². The largest absolute Gasteiger partial charge is 0.473 e. The normalized spacial score (nSPS) is 19.0. The Bertz CT molecular complexity index is 1320. The Morgan fingerprint density at radius 3 is 2.57 bits per heavy atom. The molecule has 2 aliphatic heterocycles. The van der Waals surface area contributed by atoms with Gasteiger partial charge in [0.05, 0.1) is 12.1 Å². The zero-order chi connectivity index (χ0) is 24.9. The number of nitrogens with zero attached hydrogens (tertiary/aromatic N) is 4. The lowest BCUT2D eigenvalue weighted by Gasteiger charge is -2.17. The Kier molecular flexibility index (Phi) is 5.58. The number of halogens is 5. The van der Waals surface area contributed by atoms with Crippen molar-refractivity contribution in [2.75, 3.05) is 11.4 Å². The molecule has 35 heavy (non-hydrogen) atoms. The molecule has 2 atom stereocenters. The molecule has 1 unspecified atom stereocenters. The number of aromatic nitrogens is 3. The molecular formula is C22H17F5N4O4. The van der Waals surface area contributed by atoms with E-state index in [1.165, 1.54) is 10.6 Å². The SMILES string of the molecule is O=c1nc(OCc2cc(F)c(Oc3ccnc(C(F)(F)F)c3)c(F)c2)cc2n1C[C@H]1CC(O)CN21. The predicted octanol–water partition coefficient (Wildman–Crippen LogP) is 3.26. The van der Waals surface area contributed by atoms with Gasteiger partial charge in [0.2, 0.25) is 5.88 Å². The topological polar surface area (TPSA) is 89.7 Å². The van der Waals surface area contributed by atoms with Gasteiger partial charge in [0.25, 0.3) is 0 Å². The Labute approximate surface area is 194 Å². The van der Waals surface area contributed by atoms with E-state index in [-0.39, 0.29) is 24.1 Å². The number of ether oxygens (including phenoxy) is 2. The third-order valence-corrected chi connectivity index (χ3v) is 5.73. The van der Waals surface area contributed by atoms with E-state index in [0.29, 0.717) is 31.4 Å². The maximum Gasteiger partial charge on any atom is 0.433 e. The van der Waals surface area contributed by atoms with Gasteiger partial charge < -0.3 is 19.5 Å². The molecule has 3 aromatic rings. The van der Waals surface area contributed by atoms with Crippen molar-refractivity contribution in [3.63, 3.8) is 0 Å². The highest BCUT2D eigenvalue weighted by Crippen LogP contribution is 2.35. The van der Waals surface area contributed by atoms with Crippen LogP contribution < -0.4 is 20.1 Å². The molecule has 0 saturated carbocycles. The highest BCUT2D eigenvalue weighted by molar-refractivity contribution is 5.48. The lowest BCUT2D eigenvalue weighted by Crippen LogP contribution is -2.25. The number of aliphatic hydroxyl groups excluding tert-OH is 1. The minimum Gasteiger partial charge on any atom is -0.473 e. The second kappa shape index (κ2) is 8.48. The molecule has 0 aliphatic carbocycles. The fourth-order valence-electron chi connectivity index (χ4n) is 4.21. The number of rotatable bonds is 5. The lowest BCUT2D eigenvalue weighted by atomic mass is 10.2. The highest BCUT2D eigenvalue weighted by atomic mass is 19.4. The quantitative estimate of drug-likeness (QED) is 0.543. The standard InChI is InChI=1S/C22H17F5N4O4/c23-15-3-11(4-16(24)20(15)35-14-1-2-28-17(6-14)22(25,26)27)10-34-18-7-19-30-9-13(32)5-12(30)8-31(19)21(33)29-18/h1-4,6-7,12-13,32H,5,8-10H2/t12-,13?/m1/s1. The minimum atomic E-state index is -4.75. The van der Waals surface area contributed by atoms with Crippen molar-refractivity contribution in [2.45, 2.75) is 37.9 Å². The molecule has 5 rings (SSSR count). The van der Waals surface area contributed by atoms with Crippen LogP contribution in [0.4, 0.5) is 27.8 Å². The number of hydrogen-bond acceptors (Lipinski definition) is 7. The molecule has 0 radical (unpaired) electrons. The first-order valence-electron chi connectivity index (χ1n) is 10.5. The molecule has 4 heterocycles. The average Bonchev–Trinajstić information content (AvgIpc) is 3.31. The first-order chi connectivity index (χ1) is 16.6. The molecule has 1 aromatic carbocycles. The summed E-state index contributed by atoms with van der Waals surface area (Å²) >= 11 is 0. The molecule has 1 saturated heterocycles. The highest BCUT2D eigenvalue weighted by Gasteiger charge is 2.38. The van der Waals surface area contributed by atoms with Crippen LogP contribution in [0, 0.1) is 11.6 Å². The Morgan fingerprint density at radius 1 is 1.11 bits per heavy atom. The van der Waals surface area contributed by atoms with Crippen LogP contribution in [0.25, 0.3) is 0 Å². The lowest BCUT2D eigenvalue weighted by molar-refractivity contribution is -0.141. The number of pyridine rings is 1. The van der Waals surface area contributed by atoms with E-state index in [0.717, 1.165) is 24.4 Å². The van der Waals surface area contributed by atoms with Crippen LogP contribution in [0.15, 0.2) is 41.3 Å². The third-order valence-electron chi connectivity index (χ3n) is 5.73. The van der Waals surface area contributed by atoms with Crippen molar-refractivity contribution in [3.8, 4) is 17.4 Å². The predicted molar refractivity (Wildman–Crippen MR) is 110 cm³/mol. The van der Waals surface area contributed by atoms with Gasteiger partial charge in [-0.05, 0) is 30.2 Å². The summed E-state index contributed by atoms with van der Waals surface area (Å²) in [5.74, 6) is -3.17. The molecule has 2 aromatic heterocycles. The molecule has 13 heteroatoms. The van der Waals surface area contributed by atoms with E-state index in [4.69, 9.17) is 9.47 Å². The van der Waals surface area contributed by atoms with Crippen LogP contribution in [-0.2, 0) is 19.3 Å². The summed E-state index contributed by atoms with van der Waals surface area (Å²) in [6, 6.07) is 4.86. The van der Waals surface area contributed by atoms with Crippen LogP contribution in [0.1, 0.15) is 17.7 Å². The summed E-state index contributed by atoms with van der Waals surface area (Å²) in [5, 5.41) is 9.86. The van der Waals surface area contributed by atoms with Gasteiger partial charge in [0, 0.05) is 31.4 Å². The van der Waals surface area contributed by atoms with Gasteiger partial charge in [-0.1, -0.05) is 0 Å². The van der Waals surface area contributed by atoms with Crippen LogP contribution in [-0.4, -0.2) is 38.3 Å². The summed E-state index contributed by atoms with van der Waals surface area (Å²) < 4.78 is 79.4. The molecule has 1 N–H and O–H groups in total. The zero-order valence-electron chi connectivity index (χ0n) is 17.8. The van der Waals surface area contributed by atoms with Gasteiger partial charge >= 0.3 is 11.9 Å². The maximum absolute atomic E-state index is 14.5. The molecule has 184 valence electrons. The van der Waals surface area contributed by atoms with E-state index in [2.05, 4.69) is 9.97 Å². The van der Waals surface area contributed by atoms with Gasteiger partial charge in [-0.3, -0.25) is 9.55 Å². The van der Waals surface area contributed by atoms with Crippen molar-refractivity contribution >= 4 is 5.82 Å². The van der Waals surface area contributed by atoms with Crippen LogP contribution in [0.3, 0.4) is 0 Å². The van der Waals surface area contributed by atoms with Gasteiger partial charge in [-0.2, -0.15) is 18.2 Å². The van der Waals surface area contributed by atoms with Crippen molar-refractivity contribution in [2.24, 2.45) is 0 Å². The summed E-state index contributed by atoms with van der Waals surface area (Å²) in [5.41, 5.74) is -1.78. The number of anilines is 1. The van der Waals surface area contributed by atoms with Gasteiger partial charge in [-0.15, -0.1) is 0 Å². The second-order valence-electron chi connectivity index (χ2n) is 8.20. The number of alkyl halides is 3. The molecule has 1 fully saturated rings.